The van der Waals surface area contributed by atoms with Gasteiger partial charge in [-0.2, -0.15) is 0 Å². The molecule has 1 aromatic heterocycles. The molecule has 4 nitrogen and oxygen atoms in total. The summed E-state index contributed by atoms with van der Waals surface area (Å²) in [5, 5.41) is 2.76. The van der Waals surface area contributed by atoms with Gasteiger partial charge in [0.2, 0.25) is 0 Å². The SMILES string of the molecule is CCCC(NC(=O)c1occc1C)C(N)=S. The van der Waals surface area contributed by atoms with Crippen molar-refractivity contribution in [3.63, 3.8) is 0 Å². The Balaban J connectivity index is 2.69. The summed E-state index contributed by atoms with van der Waals surface area (Å²) in [6.45, 7) is 3.82. The average molecular weight is 240 g/mol. The predicted octanol–water partition coefficient (Wildman–Crippen LogP) is 1.77. The minimum atomic E-state index is -0.270. The van der Waals surface area contributed by atoms with E-state index in [-0.39, 0.29) is 11.9 Å². The fourth-order valence-electron chi connectivity index (χ4n) is 1.40. The number of furan rings is 1. The second-order valence-electron chi connectivity index (χ2n) is 3.65. The topological polar surface area (TPSA) is 68.3 Å². The normalized spacial score (nSPS) is 12.1. The Morgan fingerprint density at radius 2 is 2.38 bits per heavy atom. The molecule has 1 heterocycles. The zero-order valence-electron chi connectivity index (χ0n) is 9.45. The monoisotopic (exact) mass is 240 g/mol. The van der Waals surface area contributed by atoms with Gasteiger partial charge in [0.15, 0.2) is 5.76 Å². The Kier molecular flexibility index (Phi) is 4.49. The summed E-state index contributed by atoms with van der Waals surface area (Å²) in [6.07, 6.45) is 3.13. The maximum absolute atomic E-state index is 11.8. The van der Waals surface area contributed by atoms with E-state index in [1.54, 1.807) is 6.07 Å². The lowest BCUT2D eigenvalue weighted by molar-refractivity contribution is 0.0917. The fourth-order valence-corrected chi connectivity index (χ4v) is 1.58. The molecular formula is C11H16N2O2S. The molecule has 0 radical (unpaired) electrons. The standard InChI is InChI=1S/C11H16N2O2S/c1-3-4-8(10(12)16)13-11(14)9-7(2)5-6-15-9/h5-6,8H,3-4H2,1-2H3,(H2,12,16)(H,13,14). The fraction of sp³-hybridized carbons (Fsp3) is 0.455. The van der Waals surface area contributed by atoms with E-state index < -0.39 is 0 Å². The smallest absolute Gasteiger partial charge is 0.287 e. The molecule has 1 aromatic rings. The molecule has 0 aliphatic rings. The van der Waals surface area contributed by atoms with E-state index in [1.165, 1.54) is 6.26 Å². The van der Waals surface area contributed by atoms with Crippen LogP contribution in [0.2, 0.25) is 0 Å². The largest absolute Gasteiger partial charge is 0.459 e. The number of aryl methyl sites for hydroxylation is 1. The maximum atomic E-state index is 11.8. The van der Waals surface area contributed by atoms with Crippen LogP contribution in [-0.4, -0.2) is 16.9 Å². The highest BCUT2D eigenvalue weighted by Gasteiger charge is 2.18. The summed E-state index contributed by atoms with van der Waals surface area (Å²) in [5.74, 6) is 0.0473. The van der Waals surface area contributed by atoms with Crippen molar-refractivity contribution in [2.45, 2.75) is 32.7 Å². The third-order valence-corrected chi connectivity index (χ3v) is 2.58. The molecule has 5 heteroatoms. The van der Waals surface area contributed by atoms with Crippen molar-refractivity contribution in [2.75, 3.05) is 0 Å². The van der Waals surface area contributed by atoms with Gasteiger partial charge in [0.05, 0.1) is 17.3 Å². The lowest BCUT2D eigenvalue weighted by Gasteiger charge is -2.15. The second-order valence-corrected chi connectivity index (χ2v) is 4.12. The van der Waals surface area contributed by atoms with E-state index in [4.69, 9.17) is 22.4 Å². The number of nitrogens with one attached hydrogen (secondary N) is 1. The van der Waals surface area contributed by atoms with Gasteiger partial charge in [0.1, 0.15) is 0 Å². The van der Waals surface area contributed by atoms with Crippen molar-refractivity contribution < 1.29 is 9.21 Å². The van der Waals surface area contributed by atoms with Crippen molar-refractivity contribution in [1.29, 1.82) is 0 Å². The van der Waals surface area contributed by atoms with Crippen LogP contribution in [0.1, 0.15) is 35.9 Å². The van der Waals surface area contributed by atoms with E-state index in [0.29, 0.717) is 10.7 Å². The molecule has 0 fully saturated rings. The van der Waals surface area contributed by atoms with Gasteiger partial charge in [-0.05, 0) is 19.4 Å². The number of amides is 1. The van der Waals surface area contributed by atoms with Gasteiger partial charge in [-0.1, -0.05) is 25.6 Å². The lowest BCUT2D eigenvalue weighted by atomic mass is 10.1. The molecule has 1 atom stereocenters. The van der Waals surface area contributed by atoms with Crippen LogP contribution < -0.4 is 11.1 Å². The van der Waals surface area contributed by atoms with Crippen molar-refractivity contribution >= 4 is 23.1 Å². The Morgan fingerprint density at radius 1 is 1.69 bits per heavy atom. The minimum Gasteiger partial charge on any atom is -0.459 e. The summed E-state index contributed by atoms with van der Waals surface area (Å²) < 4.78 is 5.09. The number of hydrogen-bond donors (Lipinski definition) is 2. The zero-order valence-corrected chi connectivity index (χ0v) is 10.3. The molecule has 1 unspecified atom stereocenters. The van der Waals surface area contributed by atoms with Crippen molar-refractivity contribution in [3.8, 4) is 0 Å². The number of nitrogens with two attached hydrogens (primary N) is 1. The van der Waals surface area contributed by atoms with Crippen molar-refractivity contribution in [1.82, 2.24) is 5.32 Å². The summed E-state index contributed by atoms with van der Waals surface area (Å²) in [6, 6.07) is 1.47. The Hall–Kier alpha value is -1.36. The molecule has 3 N–H and O–H groups in total. The highest BCUT2D eigenvalue weighted by atomic mass is 32.1. The molecule has 0 aliphatic heterocycles. The first kappa shape index (κ1) is 12.7. The van der Waals surface area contributed by atoms with E-state index in [2.05, 4.69) is 5.32 Å². The van der Waals surface area contributed by atoms with Crippen LogP contribution in [0, 0.1) is 6.92 Å². The molecular weight excluding hydrogens is 224 g/mol. The first-order valence-corrected chi connectivity index (χ1v) is 5.61. The number of thiocarbonyl (C=S) groups is 1. The van der Waals surface area contributed by atoms with E-state index >= 15 is 0 Å². The molecule has 0 saturated heterocycles. The van der Waals surface area contributed by atoms with Crippen LogP contribution in [0.3, 0.4) is 0 Å². The molecule has 0 spiro atoms. The Labute approximate surface area is 100 Å². The molecule has 0 saturated carbocycles. The molecule has 0 bridgehead atoms. The first-order chi connectivity index (χ1) is 7.56. The molecule has 0 aromatic carbocycles. The van der Waals surface area contributed by atoms with Gasteiger partial charge in [0.25, 0.3) is 5.91 Å². The number of hydrogen-bond acceptors (Lipinski definition) is 3. The average Bonchev–Trinajstić information content (AvgIpc) is 2.63. The molecule has 16 heavy (non-hydrogen) atoms. The van der Waals surface area contributed by atoms with Crippen LogP contribution >= 0.6 is 12.2 Å². The van der Waals surface area contributed by atoms with Crippen LogP contribution in [0.25, 0.3) is 0 Å². The molecule has 1 amide bonds. The van der Waals surface area contributed by atoms with E-state index in [1.807, 2.05) is 13.8 Å². The van der Waals surface area contributed by atoms with Crippen molar-refractivity contribution in [3.05, 3.63) is 23.7 Å². The predicted molar refractivity (Wildman–Crippen MR) is 66.4 cm³/mol. The quantitative estimate of drug-likeness (QED) is 0.770. The van der Waals surface area contributed by atoms with Gasteiger partial charge in [-0.15, -0.1) is 0 Å². The van der Waals surface area contributed by atoms with Gasteiger partial charge >= 0.3 is 0 Å². The van der Waals surface area contributed by atoms with Gasteiger partial charge in [-0.25, -0.2) is 0 Å². The summed E-state index contributed by atoms with van der Waals surface area (Å²) in [7, 11) is 0. The van der Waals surface area contributed by atoms with Gasteiger partial charge < -0.3 is 15.5 Å². The van der Waals surface area contributed by atoms with Crippen LogP contribution in [-0.2, 0) is 0 Å². The van der Waals surface area contributed by atoms with E-state index in [0.717, 1.165) is 18.4 Å². The first-order valence-electron chi connectivity index (χ1n) is 5.20. The zero-order chi connectivity index (χ0) is 12.1. The van der Waals surface area contributed by atoms with Crippen molar-refractivity contribution in [2.24, 2.45) is 5.73 Å². The van der Waals surface area contributed by atoms with Crippen LogP contribution in [0.15, 0.2) is 16.7 Å². The molecule has 1 rings (SSSR count). The summed E-state index contributed by atoms with van der Waals surface area (Å²) in [5.41, 5.74) is 6.35. The summed E-state index contributed by atoms with van der Waals surface area (Å²) >= 11 is 4.90. The maximum Gasteiger partial charge on any atom is 0.287 e. The third kappa shape index (κ3) is 3.06. The Bertz CT molecular complexity index is 387. The minimum absolute atomic E-state index is 0.267. The lowest BCUT2D eigenvalue weighted by Crippen LogP contribution is -2.43. The third-order valence-electron chi connectivity index (χ3n) is 2.29. The number of carbonyl (C=O) groups excluding carboxylic acids is 1. The molecule has 0 aliphatic carbocycles. The number of rotatable bonds is 5. The van der Waals surface area contributed by atoms with Gasteiger partial charge in [-0.3, -0.25) is 4.79 Å². The molecule has 88 valence electrons. The highest BCUT2D eigenvalue weighted by Crippen LogP contribution is 2.09. The van der Waals surface area contributed by atoms with Crippen LogP contribution in [0.4, 0.5) is 0 Å². The Morgan fingerprint density at radius 3 is 2.81 bits per heavy atom. The van der Waals surface area contributed by atoms with Crippen LogP contribution in [0.5, 0.6) is 0 Å². The highest BCUT2D eigenvalue weighted by molar-refractivity contribution is 7.80. The van der Waals surface area contributed by atoms with Gasteiger partial charge in [0, 0.05) is 5.56 Å². The van der Waals surface area contributed by atoms with E-state index in [9.17, 15) is 4.79 Å². The number of carbonyl (C=O) groups is 1. The second kappa shape index (κ2) is 5.65. The summed E-state index contributed by atoms with van der Waals surface area (Å²) in [4.78, 5) is 12.1.